The Morgan fingerprint density at radius 3 is 2.64 bits per heavy atom. The molecule has 4 rings (SSSR count). The van der Waals surface area contributed by atoms with E-state index in [-0.39, 0.29) is 10.2 Å². The molecule has 1 aliphatic heterocycles. The fourth-order valence-electron chi connectivity index (χ4n) is 3.05. The Hall–Kier alpha value is -2.35. The molecular weight excluding hydrogens is 392 g/mol. The Labute approximate surface area is 151 Å². The third kappa shape index (κ3) is 2.52. The SMILES string of the molecule is CC1(C)Nc2cc(F)c(Br)c(F)c2-n2c(Cc3ccncc3)nnc21. The van der Waals surface area contributed by atoms with E-state index < -0.39 is 17.2 Å². The highest BCUT2D eigenvalue weighted by molar-refractivity contribution is 9.10. The minimum atomic E-state index is -0.685. The Morgan fingerprint density at radius 2 is 1.92 bits per heavy atom. The Bertz CT molecular complexity index is 969. The van der Waals surface area contributed by atoms with E-state index in [2.05, 4.69) is 36.4 Å². The normalized spacial score (nSPS) is 14.6. The number of rotatable bonds is 2. The summed E-state index contributed by atoms with van der Waals surface area (Å²) in [4.78, 5) is 4.00. The lowest BCUT2D eigenvalue weighted by Crippen LogP contribution is -2.36. The number of pyridine rings is 1. The second kappa shape index (κ2) is 5.59. The van der Waals surface area contributed by atoms with Gasteiger partial charge < -0.3 is 5.32 Å². The highest BCUT2D eigenvalue weighted by Gasteiger charge is 2.37. The van der Waals surface area contributed by atoms with E-state index in [1.807, 2.05) is 26.0 Å². The van der Waals surface area contributed by atoms with Crippen LogP contribution in [-0.2, 0) is 12.0 Å². The van der Waals surface area contributed by atoms with E-state index >= 15 is 0 Å². The molecule has 0 saturated heterocycles. The topological polar surface area (TPSA) is 55.6 Å². The molecule has 5 nitrogen and oxygen atoms in total. The van der Waals surface area contributed by atoms with Crippen molar-refractivity contribution in [2.24, 2.45) is 0 Å². The van der Waals surface area contributed by atoms with Crippen molar-refractivity contribution in [1.82, 2.24) is 19.7 Å². The lowest BCUT2D eigenvalue weighted by Gasteiger charge is -2.34. The molecule has 1 aromatic carbocycles. The van der Waals surface area contributed by atoms with Crippen LogP contribution in [0.15, 0.2) is 35.1 Å². The maximum Gasteiger partial charge on any atom is 0.166 e. The average molecular weight is 406 g/mol. The summed E-state index contributed by atoms with van der Waals surface area (Å²) in [7, 11) is 0. The van der Waals surface area contributed by atoms with E-state index in [0.717, 1.165) is 5.56 Å². The first-order valence-electron chi connectivity index (χ1n) is 7.68. The molecule has 3 aromatic rings. The summed E-state index contributed by atoms with van der Waals surface area (Å²) in [6, 6.07) is 5.01. The first kappa shape index (κ1) is 16.1. The van der Waals surface area contributed by atoms with Gasteiger partial charge in [-0.05, 0) is 47.5 Å². The van der Waals surface area contributed by atoms with Gasteiger partial charge in [-0.1, -0.05) is 0 Å². The fraction of sp³-hybridized carbons (Fsp3) is 0.235. The number of nitrogens with one attached hydrogen (secondary N) is 1. The fourth-order valence-corrected chi connectivity index (χ4v) is 3.35. The first-order chi connectivity index (χ1) is 11.9. The van der Waals surface area contributed by atoms with Gasteiger partial charge in [-0.15, -0.1) is 10.2 Å². The van der Waals surface area contributed by atoms with Crippen LogP contribution in [0.5, 0.6) is 0 Å². The molecule has 0 aliphatic carbocycles. The van der Waals surface area contributed by atoms with Crippen LogP contribution in [0.2, 0.25) is 0 Å². The Balaban J connectivity index is 1.94. The molecule has 0 saturated carbocycles. The Kier molecular flexibility index (Phi) is 3.61. The molecule has 128 valence electrons. The van der Waals surface area contributed by atoms with Crippen molar-refractivity contribution >= 4 is 21.6 Å². The van der Waals surface area contributed by atoms with E-state index in [9.17, 15) is 8.78 Å². The van der Waals surface area contributed by atoms with E-state index in [1.54, 1.807) is 17.0 Å². The molecule has 1 aliphatic rings. The molecule has 0 amide bonds. The molecule has 1 N–H and O–H groups in total. The number of hydrogen-bond acceptors (Lipinski definition) is 4. The third-order valence-corrected chi connectivity index (χ3v) is 4.93. The van der Waals surface area contributed by atoms with Crippen LogP contribution in [-0.4, -0.2) is 19.7 Å². The zero-order valence-electron chi connectivity index (χ0n) is 13.5. The second-order valence-electron chi connectivity index (χ2n) is 6.44. The molecule has 25 heavy (non-hydrogen) atoms. The number of aromatic nitrogens is 4. The second-order valence-corrected chi connectivity index (χ2v) is 7.23. The molecule has 3 heterocycles. The zero-order chi connectivity index (χ0) is 17.8. The minimum absolute atomic E-state index is 0.206. The summed E-state index contributed by atoms with van der Waals surface area (Å²) in [6.07, 6.45) is 3.84. The van der Waals surface area contributed by atoms with Crippen molar-refractivity contribution in [1.29, 1.82) is 0 Å². The minimum Gasteiger partial charge on any atom is -0.371 e. The summed E-state index contributed by atoms with van der Waals surface area (Å²) < 4.78 is 30.3. The van der Waals surface area contributed by atoms with E-state index in [4.69, 9.17) is 0 Å². The van der Waals surface area contributed by atoms with E-state index in [0.29, 0.717) is 23.8 Å². The Morgan fingerprint density at radius 1 is 1.20 bits per heavy atom. The number of nitrogens with zero attached hydrogens (tertiary/aromatic N) is 4. The molecular formula is C17H14BrF2N5. The standard InChI is InChI=1S/C17H14BrF2N5/c1-17(2)16-24-23-12(7-9-3-5-21-6-4-9)25(16)15-11(22-17)8-10(19)13(18)14(15)20/h3-6,8,22H,7H2,1-2H3. The number of fused-ring (bicyclic) bond motifs is 3. The van der Waals surface area contributed by atoms with Gasteiger partial charge in [0.2, 0.25) is 0 Å². The maximum absolute atomic E-state index is 14.9. The molecule has 2 aromatic heterocycles. The highest BCUT2D eigenvalue weighted by Crippen LogP contribution is 2.41. The van der Waals surface area contributed by atoms with Gasteiger partial charge in [0.1, 0.15) is 17.3 Å². The predicted molar refractivity (Wildman–Crippen MR) is 92.7 cm³/mol. The maximum atomic E-state index is 14.9. The smallest absolute Gasteiger partial charge is 0.166 e. The van der Waals surface area contributed by atoms with Crippen LogP contribution < -0.4 is 5.32 Å². The predicted octanol–water partition coefficient (Wildman–Crippen LogP) is 3.95. The van der Waals surface area contributed by atoms with Crippen LogP contribution in [0.3, 0.4) is 0 Å². The van der Waals surface area contributed by atoms with Crippen LogP contribution in [0.4, 0.5) is 14.5 Å². The van der Waals surface area contributed by atoms with Crippen molar-refractivity contribution in [2.75, 3.05) is 5.32 Å². The van der Waals surface area contributed by atoms with Crippen LogP contribution in [0.25, 0.3) is 5.69 Å². The summed E-state index contributed by atoms with van der Waals surface area (Å²) in [5, 5.41) is 11.7. The molecule has 0 unspecified atom stereocenters. The molecule has 0 fully saturated rings. The van der Waals surface area contributed by atoms with E-state index in [1.165, 1.54) is 6.07 Å². The number of hydrogen-bond donors (Lipinski definition) is 1. The molecule has 0 radical (unpaired) electrons. The first-order valence-corrected chi connectivity index (χ1v) is 8.47. The average Bonchev–Trinajstić information content (AvgIpc) is 2.98. The van der Waals surface area contributed by atoms with Crippen molar-refractivity contribution < 1.29 is 8.78 Å². The van der Waals surface area contributed by atoms with Crippen molar-refractivity contribution in [2.45, 2.75) is 25.8 Å². The van der Waals surface area contributed by atoms with Crippen molar-refractivity contribution in [3.05, 3.63) is 63.9 Å². The summed E-state index contributed by atoms with van der Waals surface area (Å²) in [6.45, 7) is 3.79. The van der Waals surface area contributed by atoms with Gasteiger partial charge >= 0.3 is 0 Å². The summed E-state index contributed by atoms with van der Waals surface area (Å²) >= 11 is 2.98. The van der Waals surface area contributed by atoms with Crippen LogP contribution >= 0.6 is 15.9 Å². The van der Waals surface area contributed by atoms with Gasteiger partial charge in [-0.3, -0.25) is 9.55 Å². The largest absolute Gasteiger partial charge is 0.371 e. The molecule has 0 bridgehead atoms. The summed E-state index contributed by atoms with van der Waals surface area (Å²) in [5.74, 6) is -0.197. The van der Waals surface area contributed by atoms with Crippen molar-refractivity contribution in [3.63, 3.8) is 0 Å². The monoisotopic (exact) mass is 405 g/mol. The molecule has 8 heteroatoms. The van der Waals surface area contributed by atoms with Crippen LogP contribution in [0.1, 0.15) is 31.1 Å². The number of anilines is 1. The number of halogens is 3. The molecule has 0 atom stereocenters. The zero-order valence-corrected chi connectivity index (χ0v) is 15.1. The summed E-state index contributed by atoms with van der Waals surface area (Å²) in [5.41, 5.74) is 0.941. The van der Waals surface area contributed by atoms with Crippen LogP contribution in [0, 0.1) is 11.6 Å². The lowest BCUT2D eigenvalue weighted by atomic mass is 9.99. The van der Waals surface area contributed by atoms with Gasteiger partial charge in [-0.2, -0.15) is 0 Å². The highest BCUT2D eigenvalue weighted by atomic mass is 79.9. The van der Waals surface area contributed by atoms with Gasteiger partial charge in [0.25, 0.3) is 0 Å². The number of benzene rings is 1. The lowest BCUT2D eigenvalue weighted by molar-refractivity contribution is 0.511. The molecule has 0 spiro atoms. The van der Waals surface area contributed by atoms with Gasteiger partial charge in [0.05, 0.1) is 15.7 Å². The quantitative estimate of drug-likeness (QED) is 0.655. The van der Waals surface area contributed by atoms with Gasteiger partial charge in [0.15, 0.2) is 11.6 Å². The van der Waals surface area contributed by atoms with Gasteiger partial charge in [-0.25, -0.2) is 8.78 Å². The third-order valence-electron chi connectivity index (χ3n) is 4.21. The van der Waals surface area contributed by atoms with Crippen molar-refractivity contribution in [3.8, 4) is 5.69 Å². The van der Waals surface area contributed by atoms with Gasteiger partial charge in [0, 0.05) is 24.9 Å².